The van der Waals surface area contributed by atoms with Gasteiger partial charge in [0.05, 0.1) is 17.9 Å². The predicted octanol–water partition coefficient (Wildman–Crippen LogP) is 6.91. The van der Waals surface area contributed by atoms with E-state index in [1.807, 2.05) is 55.5 Å². The molecule has 1 heterocycles. The zero-order valence-electron chi connectivity index (χ0n) is 19.0. The van der Waals surface area contributed by atoms with Gasteiger partial charge in [-0.3, -0.25) is 4.79 Å². The fourth-order valence-electron chi connectivity index (χ4n) is 4.24. The Bertz CT molecular complexity index is 1440. The highest BCUT2D eigenvalue weighted by atomic mass is 32.2. The monoisotopic (exact) mass is 466 g/mol. The maximum atomic E-state index is 13.2. The van der Waals surface area contributed by atoms with Crippen LogP contribution in [0, 0.1) is 0 Å². The van der Waals surface area contributed by atoms with Crippen LogP contribution in [0.25, 0.3) is 32.9 Å². The minimum Gasteiger partial charge on any atom is -0.493 e. The third kappa shape index (κ3) is 4.39. The SMILES string of the molecule is CCOc1ccc2ccccc2c1C(=O)NCCSc1c(-c2ccccc2)[nH]c2ccccc12. The minimum atomic E-state index is -0.108. The van der Waals surface area contributed by atoms with Gasteiger partial charge < -0.3 is 15.0 Å². The summed E-state index contributed by atoms with van der Waals surface area (Å²) in [5, 5.41) is 6.24. The molecule has 5 heteroatoms. The van der Waals surface area contributed by atoms with Crippen molar-refractivity contribution < 1.29 is 9.53 Å². The van der Waals surface area contributed by atoms with Crippen LogP contribution in [0.5, 0.6) is 5.75 Å². The van der Waals surface area contributed by atoms with Crippen LogP contribution in [-0.2, 0) is 0 Å². The van der Waals surface area contributed by atoms with Crippen molar-refractivity contribution in [1.82, 2.24) is 10.3 Å². The van der Waals surface area contributed by atoms with E-state index >= 15 is 0 Å². The average Bonchev–Trinajstić information content (AvgIpc) is 3.25. The number of aromatic amines is 1. The summed E-state index contributed by atoms with van der Waals surface area (Å²) in [4.78, 5) is 18.0. The number of carbonyl (C=O) groups excluding carboxylic acids is 1. The molecule has 0 aliphatic heterocycles. The lowest BCUT2D eigenvalue weighted by atomic mass is 10.0. The summed E-state index contributed by atoms with van der Waals surface area (Å²) in [5.74, 6) is 1.26. The maximum absolute atomic E-state index is 13.2. The number of benzene rings is 4. The van der Waals surface area contributed by atoms with Crippen molar-refractivity contribution in [2.75, 3.05) is 18.9 Å². The van der Waals surface area contributed by atoms with Gasteiger partial charge in [0, 0.05) is 28.1 Å². The fourth-order valence-corrected chi connectivity index (χ4v) is 5.30. The van der Waals surface area contributed by atoms with Crippen LogP contribution in [0.15, 0.2) is 95.9 Å². The topological polar surface area (TPSA) is 54.1 Å². The van der Waals surface area contributed by atoms with Gasteiger partial charge in [0.15, 0.2) is 0 Å². The molecule has 2 N–H and O–H groups in total. The Balaban J connectivity index is 1.35. The Kier molecular flexibility index (Phi) is 6.54. The summed E-state index contributed by atoms with van der Waals surface area (Å²) in [6.07, 6.45) is 0. The zero-order chi connectivity index (χ0) is 23.3. The van der Waals surface area contributed by atoms with Gasteiger partial charge in [-0.15, -0.1) is 11.8 Å². The second kappa shape index (κ2) is 10.1. The van der Waals surface area contributed by atoms with Crippen LogP contribution < -0.4 is 10.1 Å². The summed E-state index contributed by atoms with van der Waals surface area (Å²) in [6.45, 7) is 2.99. The molecule has 0 saturated carbocycles. The molecule has 4 nitrogen and oxygen atoms in total. The van der Waals surface area contributed by atoms with Crippen molar-refractivity contribution in [1.29, 1.82) is 0 Å². The van der Waals surface area contributed by atoms with Gasteiger partial charge in [-0.05, 0) is 35.4 Å². The summed E-state index contributed by atoms with van der Waals surface area (Å²) < 4.78 is 5.77. The normalized spacial score (nSPS) is 11.1. The first kappa shape index (κ1) is 22.1. The molecule has 4 aromatic carbocycles. The van der Waals surface area contributed by atoms with E-state index in [1.165, 1.54) is 10.3 Å². The molecule has 0 radical (unpaired) electrons. The maximum Gasteiger partial charge on any atom is 0.255 e. The molecule has 0 bridgehead atoms. The van der Waals surface area contributed by atoms with E-state index < -0.39 is 0 Å². The Labute approximate surface area is 203 Å². The number of hydrogen-bond acceptors (Lipinski definition) is 3. The summed E-state index contributed by atoms with van der Waals surface area (Å²) in [6, 6.07) is 30.5. The van der Waals surface area contributed by atoms with Gasteiger partial charge in [-0.25, -0.2) is 0 Å². The van der Waals surface area contributed by atoms with Crippen molar-refractivity contribution in [2.45, 2.75) is 11.8 Å². The number of para-hydroxylation sites is 1. The standard InChI is InChI=1S/C29H26N2O2S/c1-2-33-25-17-16-20-10-6-7-13-22(20)26(25)29(32)30-18-19-34-28-23-14-8-9-15-24(23)31-27(28)21-11-4-3-5-12-21/h3-17,31H,2,18-19H2,1H3,(H,30,32). The molecule has 0 atom stereocenters. The predicted molar refractivity (Wildman–Crippen MR) is 142 cm³/mol. The molecule has 34 heavy (non-hydrogen) atoms. The van der Waals surface area contributed by atoms with Crippen molar-refractivity contribution in [3.8, 4) is 17.0 Å². The van der Waals surface area contributed by atoms with Crippen LogP contribution in [0.1, 0.15) is 17.3 Å². The smallest absolute Gasteiger partial charge is 0.255 e. The van der Waals surface area contributed by atoms with Crippen LogP contribution in [0.2, 0.25) is 0 Å². The third-order valence-electron chi connectivity index (χ3n) is 5.77. The lowest BCUT2D eigenvalue weighted by Crippen LogP contribution is -2.26. The van der Waals surface area contributed by atoms with Gasteiger partial charge in [-0.2, -0.15) is 0 Å². The fraction of sp³-hybridized carbons (Fsp3) is 0.138. The van der Waals surface area contributed by atoms with Crippen molar-refractivity contribution in [3.05, 3.63) is 96.6 Å². The Morgan fingerprint density at radius 2 is 1.62 bits per heavy atom. The lowest BCUT2D eigenvalue weighted by Gasteiger charge is -2.13. The highest BCUT2D eigenvalue weighted by Gasteiger charge is 2.17. The summed E-state index contributed by atoms with van der Waals surface area (Å²) in [7, 11) is 0. The molecule has 1 amide bonds. The van der Waals surface area contributed by atoms with E-state index in [9.17, 15) is 4.79 Å². The van der Waals surface area contributed by atoms with E-state index in [4.69, 9.17) is 4.74 Å². The van der Waals surface area contributed by atoms with Crippen LogP contribution >= 0.6 is 11.8 Å². The number of aromatic nitrogens is 1. The van der Waals surface area contributed by atoms with Gasteiger partial charge >= 0.3 is 0 Å². The number of hydrogen-bond donors (Lipinski definition) is 2. The van der Waals surface area contributed by atoms with Gasteiger partial charge in [0.2, 0.25) is 0 Å². The molecular weight excluding hydrogens is 440 g/mol. The number of carbonyl (C=O) groups is 1. The van der Waals surface area contributed by atoms with E-state index in [2.05, 4.69) is 52.8 Å². The summed E-state index contributed by atoms with van der Waals surface area (Å²) >= 11 is 1.76. The first-order chi connectivity index (χ1) is 16.8. The van der Waals surface area contributed by atoms with Gasteiger partial charge in [-0.1, -0.05) is 78.9 Å². The Hall–Kier alpha value is -3.70. The highest BCUT2D eigenvalue weighted by Crippen LogP contribution is 2.37. The molecular formula is C29H26N2O2S. The molecule has 1 aromatic heterocycles. The zero-order valence-corrected chi connectivity index (χ0v) is 19.8. The second-order valence-corrected chi connectivity index (χ2v) is 9.04. The van der Waals surface area contributed by atoms with Crippen LogP contribution in [0.3, 0.4) is 0 Å². The van der Waals surface area contributed by atoms with E-state index in [1.54, 1.807) is 11.8 Å². The van der Waals surface area contributed by atoms with Crippen molar-refractivity contribution in [2.24, 2.45) is 0 Å². The number of thioether (sulfide) groups is 1. The molecule has 5 rings (SSSR count). The second-order valence-electron chi connectivity index (χ2n) is 7.94. The average molecular weight is 467 g/mol. The molecule has 0 unspecified atom stereocenters. The number of amides is 1. The Morgan fingerprint density at radius 3 is 2.44 bits per heavy atom. The molecule has 0 aliphatic rings. The molecule has 0 fully saturated rings. The van der Waals surface area contributed by atoms with Crippen molar-refractivity contribution in [3.63, 3.8) is 0 Å². The molecule has 170 valence electrons. The quantitative estimate of drug-likeness (QED) is 0.193. The van der Waals surface area contributed by atoms with Crippen LogP contribution in [0.4, 0.5) is 0 Å². The first-order valence-corrected chi connectivity index (χ1v) is 12.5. The lowest BCUT2D eigenvalue weighted by molar-refractivity contribution is 0.0954. The van der Waals surface area contributed by atoms with Gasteiger partial charge in [0.25, 0.3) is 5.91 Å². The number of nitrogens with one attached hydrogen (secondary N) is 2. The number of fused-ring (bicyclic) bond motifs is 2. The minimum absolute atomic E-state index is 0.108. The Morgan fingerprint density at radius 1 is 0.882 bits per heavy atom. The highest BCUT2D eigenvalue weighted by molar-refractivity contribution is 7.99. The molecule has 0 saturated heterocycles. The third-order valence-corrected chi connectivity index (χ3v) is 6.89. The first-order valence-electron chi connectivity index (χ1n) is 11.5. The molecule has 0 spiro atoms. The van der Waals surface area contributed by atoms with E-state index in [0.29, 0.717) is 24.5 Å². The molecule has 5 aromatic rings. The summed E-state index contributed by atoms with van der Waals surface area (Å²) in [5.41, 5.74) is 3.99. The number of ether oxygens (including phenoxy) is 1. The number of rotatable bonds is 8. The van der Waals surface area contributed by atoms with E-state index in [-0.39, 0.29) is 5.91 Å². The molecule has 0 aliphatic carbocycles. The number of H-pyrrole nitrogens is 1. The van der Waals surface area contributed by atoms with Crippen molar-refractivity contribution >= 4 is 39.3 Å². The van der Waals surface area contributed by atoms with Gasteiger partial charge in [0.1, 0.15) is 5.75 Å². The van der Waals surface area contributed by atoms with E-state index in [0.717, 1.165) is 33.3 Å². The van der Waals surface area contributed by atoms with Crippen LogP contribution in [-0.4, -0.2) is 29.8 Å². The largest absolute Gasteiger partial charge is 0.493 e.